The van der Waals surface area contributed by atoms with E-state index in [0.717, 1.165) is 31.3 Å². The summed E-state index contributed by atoms with van der Waals surface area (Å²) in [7, 11) is 0. The number of ether oxygens (including phenoxy) is 1. The molecule has 0 radical (unpaired) electrons. The van der Waals surface area contributed by atoms with Crippen molar-refractivity contribution >= 4 is 0 Å². The molecule has 1 N–H and O–H groups in total. The summed E-state index contributed by atoms with van der Waals surface area (Å²) >= 11 is 0. The van der Waals surface area contributed by atoms with Gasteiger partial charge in [0.15, 0.2) is 0 Å². The predicted molar refractivity (Wildman–Crippen MR) is 81.3 cm³/mol. The summed E-state index contributed by atoms with van der Waals surface area (Å²) in [6.45, 7) is 7.49. The topological polar surface area (TPSA) is 45.0 Å². The average molecular weight is 278 g/mol. The third kappa shape index (κ3) is 5.07. The smallest absolute Gasteiger partial charge is 0.104 e. The van der Waals surface area contributed by atoms with Crippen LogP contribution in [0.1, 0.15) is 65.7 Å². The van der Waals surface area contributed by atoms with Crippen molar-refractivity contribution in [2.45, 2.75) is 83.4 Å². The van der Waals surface area contributed by atoms with Gasteiger partial charge in [-0.25, -0.2) is 0 Å². The van der Waals surface area contributed by atoms with Crippen molar-refractivity contribution in [2.24, 2.45) is 11.8 Å². The minimum absolute atomic E-state index is 0.363. The Hall–Kier alpha value is -0.590. The van der Waals surface area contributed by atoms with E-state index in [9.17, 15) is 5.26 Å². The maximum absolute atomic E-state index is 9.33. The van der Waals surface area contributed by atoms with Crippen molar-refractivity contribution in [2.75, 3.05) is 6.61 Å². The second-order valence-corrected chi connectivity index (χ2v) is 7.38. The van der Waals surface area contributed by atoms with Gasteiger partial charge < -0.3 is 4.74 Å². The molecule has 0 aliphatic heterocycles. The predicted octanol–water partition coefficient (Wildman–Crippen LogP) is 3.64. The van der Waals surface area contributed by atoms with Crippen LogP contribution in [0.2, 0.25) is 0 Å². The van der Waals surface area contributed by atoms with E-state index >= 15 is 0 Å². The number of nitriles is 1. The Morgan fingerprint density at radius 1 is 1.20 bits per heavy atom. The first kappa shape index (κ1) is 15.8. The van der Waals surface area contributed by atoms with E-state index in [1.165, 1.54) is 32.1 Å². The van der Waals surface area contributed by atoms with E-state index in [1.54, 1.807) is 0 Å². The molecule has 0 aromatic carbocycles. The molecule has 20 heavy (non-hydrogen) atoms. The number of hydrogen-bond acceptors (Lipinski definition) is 3. The van der Waals surface area contributed by atoms with Gasteiger partial charge in [-0.2, -0.15) is 5.26 Å². The molecule has 3 nitrogen and oxygen atoms in total. The SMILES string of the molecule is CC1CC(C)CC(OCCCC(C)(C#N)NC2CC2)C1. The van der Waals surface area contributed by atoms with Crippen molar-refractivity contribution in [3.8, 4) is 6.07 Å². The van der Waals surface area contributed by atoms with Gasteiger partial charge in [0.1, 0.15) is 5.54 Å². The number of nitrogens with one attached hydrogen (secondary N) is 1. The van der Waals surface area contributed by atoms with Gasteiger partial charge in [0.2, 0.25) is 0 Å². The summed E-state index contributed by atoms with van der Waals surface area (Å²) in [5, 5.41) is 12.8. The lowest BCUT2D eigenvalue weighted by Gasteiger charge is -2.31. The molecule has 0 saturated heterocycles. The number of rotatable bonds is 7. The van der Waals surface area contributed by atoms with Gasteiger partial charge in [-0.3, -0.25) is 5.32 Å². The molecule has 114 valence electrons. The molecule has 0 spiro atoms. The third-order valence-electron chi connectivity index (χ3n) is 4.66. The molecule has 3 atom stereocenters. The lowest BCUT2D eigenvalue weighted by Crippen LogP contribution is -2.42. The molecule has 0 aromatic heterocycles. The van der Waals surface area contributed by atoms with Crippen molar-refractivity contribution in [3.63, 3.8) is 0 Å². The van der Waals surface area contributed by atoms with Gasteiger partial charge in [-0.15, -0.1) is 0 Å². The zero-order chi connectivity index (χ0) is 14.6. The zero-order valence-corrected chi connectivity index (χ0v) is 13.3. The first-order chi connectivity index (χ1) is 9.50. The highest BCUT2D eigenvalue weighted by Gasteiger charge is 2.32. The molecule has 3 heteroatoms. The second kappa shape index (κ2) is 6.91. The lowest BCUT2D eigenvalue weighted by molar-refractivity contribution is -0.00173. The second-order valence-electron chi connectivity index (χ2n) is 7.38. The average Bonchev–Trinajstić information content (AvgIpc) is 3.17. The minimum Gasteiger partial charge on any atom is -0.378 e. The highest BCUT2D eigenvalue weighted by Crippen LogP contribution is 2.30. The van der Waals surface area contributed by atoms with Crippen LogP contribution in [0.15, 0.2) is 0 Å². The van der Waals surface area contributed by atoms with Crippen molar-refractivity contribution < 1.29 is 4.74 Å². The quantitative estimate of drug-likeness (QED) is 0.723. The van der Waals surface area contributed by atoms with Crippen LogP contribution in [0, 0.1) is 23.2 Å². The van der Waals surface area contributed by atoms with Gasteiger partial charge in [0.05, 0.1) is 12.2 Å². The summed E-state index contributed by atoms with van der Waals surface area (Å²) in [6, 6.07) is 3.02. The standard InChI is InChI=1S/C17H30N2O/c1-13-9-14(2)11-16(10-13)20-8-4-7-17(3,12-18)19-15-5-6-15/h13-16,19H,4-11H2,1-3H3. The third-order valence-corrected chi connectivity index (χ3v) is 4.66. The van der Waals surface area contributed by atoms with Gasteiger partial charge in [0.25, 0.3) is 0 Å². The Morgan fingerprint density at radius 3 is 2.40 bits per heavy atom. The lowest BCUT2D eigenvalue weighted by atomic mass is 9.82. The zero-order valence-electron chi connectivity index (χ0n) is 13.3. The monoisotopic (exact) mass is 278 g/mol. The van der Waals surface area contributed by atoms with Crippen molar-refractivity contribution in [1.82, 2.24) is 5.32 Å². The Balaban J connectivity index is 1.63. The molecule has 2 saturated carbocycles. The van der Waals surface area contributed by atoms with Crippen LogP contribution in [-0.2, 0) is 4.74 Å². The molecule has 3 unspecified atom stereocenters. The van der Waals surface area contributed by atoms with Gasteiger partial charge >= 0.3 is 0 Å². The first-order valence-corrected chi connectivity index (χ1v) is 8.31. The fourth-order valence-corrected chi connectivity index (χ4v) is 3.52. The molecule has 2 fully saturated rings. The molecular weight excluding hydrogens is 248 g/mol. The van der Waals surface area contributed by atoms with Crippen molar-refractivity contribution in [3.05, 3.63) is 0 Å². The summed E-state index contributed by atoms with van der Waals surface area (Å²) in [4.78, 5) is 0. The van der Waals surface area contributed by atoms with Gasteiger partial charge in [-0.05, 0) is 63.7 Å². The highest BCUT2D eigenvalue weighted by atomic mass is 16.5. The minimum atomic E-state index is -0.363. The van der Waals surface area contributed by atoms with Crippen molar-refractivity contribution in [1.29, 1.82) is 5.26 Å². The van der Waals surface area contributed by atoms with Gasteiger partial charge in [0, 0.05) is 12.6 Å². The Morgan fingerprint density at radius 2 is 1.85 bits per heavy atom. The first-order valence-electron chi connectivity index (χ1n) is 8.31. The Kier molecular flexibility index (Phi) is 5.46. The molecular formula is C17H30N2O. The van der Waals surface area contributed by atoms with Crippen LogP contribution >= 0.6 is 0 Å². The molecule has 0 bridgehead atoms. The van der Waals surface area contributed by atoms with Crippen LogP contribution in [0.5, 0.6) is 0 Å². The van der Waals surface area contributed by atoms with Crippen LogP contribution in [0.3, 0.4) is 0 Å². The maximum Gasteiger partial charge on any atom is 0.104 e. The summed E-state index contributed by atoms with van der Waals surface area (Å²) in [5.74, 6) is 1.59. The van der Waals surface area contributed by atoms with Crippen LogP contribution in [0.25, 0.3) is 0 Å². The molecule has 2 aliphatic rings. The molecule has 0 aromatic rings. The van der Waals surface area contributed by atoms with E-state index in [4.69, 9.17) is 4.74 Å². The molecule has 0 heterocycles. The highest BCUT2D eigenvalue weighted by molar-refractivity contribution is 5.06. The normalized spacial score (nSPS) is 33.4. The Labute approximate surface area is 124 Å². The molecule has 2 aliphatic carbocycles. The van der Waals surface area contributed by atoms with Crippen LogP contribution < -0.4 is 5.32 Å². The number of hydrogen-bond donors (Lipinski definition) is 1. The largest absolute Gasteiger partial charge is 0.378 e. The summed E-state index contributed by atoms with van der Waals surface area (Å²) in [5.41, 5.74) is -0.363. The molecule has 2 rings (SSSR count). The van der Waals surface area contributed by atoms with E-state index in [0.29, 0.717) is 12.1 Å². The van der Waals surface area contributed by atoms with E-state index in [1.807, 2.05) is 6.92 Å². The summed E-state index contributed by atoms with van der Waals surface area (Å²) in [6.07, 6.45) is 8.52. The van der Waals surface area contributed by atoms with E-state index in [2.05, 4.69) is 25.2 Å². The molecule has 0 amide bonds. The van der Waals surface area contributed by atoms with E-state index < -0.39 is 0 Å². The summed E-state index contributed by atoms with van der Waals surface area (Å²) < 4.78 is 6.05. The van der Waals surface area contributed by atoms with Crippen LogP contribution in [-0.4, -0.2) is 24.3 Å². The Bertz CT molecular complexity index is 337. The fraction of sp³-hybridized carbons (Fsp3) is 0.941. The van der Waals surface area contributed by atoms with E-state index in [-0.39, 0.29) is 5.54 Å². The van der Waals surface area contributed by atoms with Crippen LogP contribution in [0.4, 0.5) is 0 Å². The fourth-order valence-electron chi connectivity index (χ4n) is 3.52. The number of nitrogens with zero attached hydrogens (tertiary/aromatic N) is 1. The maximum atomic E-state index is 9.33. The van der Waals surface area contributed by atoms with Gasteiger partial charge in [-0.1, -0.05) is 13.8 Å².